The zero-order valence-electron chi connectivity index (χ0n) is 11.4. The van der Waals surface area contributed by atoms with Gasteiger partial charge in [-0.25, -0.2) is 13.6 Å². The topological polar surface area (TPSA) is 38.3 Å². The highest BCUT2D eigenvalue weighted by Gasteiger charge is 2.38. The first kappa shape index (κ1) is 16.1. The lowest BCUT2D eigenvalue weighted by atomic mass is 9.91. The summed E-state index contributed by atoms with van der Waals surface area (Å²) < 4.78 is 32.1. The first-order valence-electron chi connectivity index (χ1n) is 5.80. The van der Waals surface area contributed by atoms with Gasteiger partial charge in [0, 0.05) is 5.92 Å². The largest absolute Gasteiger partial charge is 0.444 e. The first-order chi connectivity index (χ1) is 7.46. The summed E-state index contributed by atoms with van der Waals surface area (Å²) >= 11 is 0. The maximum atomic E-state index is 13.6. The fraction of sp³-hybridized carbons (Fsp3) is 0.917. The van der Waals surface area contributed by atoms with Crippen LogP contribution in [0.1, 0.15) is 41.5 Å². The van der Waals surface area contributed by atoms with E-state index in [1.165, 1.54) is 6.92 Å². The molecule has 0 bridgehead atoms. The van der Waals surface area contributed by atoms with E-state index in [1.54, 1.807) is 34.6 Å². The van der Waals surface area contributed by atoms with E-state index in [1.807, 2.05) is 0 Å². The number of carbonyl (C=O) groups excluding carboxylic acids is 1. The number of carbonyl (C=O) groups is 1. The predicted octanol–water partition coefficient (Wildman–Crippen LogP) is 3.44. The number of rotatable bonds is 4. The van der Waals surface area contributed by atoms with Crippen molar-refractivity contribution < 1.29 is 18.3 Å². The van der Waals surface area contributed by atoms with Crippen molar-refractivity contribution in [2.75, 3.05) is 6.54 Å². The van der Waals surface area contributed by atoms with Crippen LogP contribution in [0.25, 0.3) is 0 Å². The molecule has 0 fully saturated rings. The Balaban J connectivity index is 4.23. The summed E-state index contributed by atoms with van der Waals surface area (Å²) in [6.45, 7) is 9.28. The SMILES string of the molecule is CC(C)C(C)C(F)(F)CNC(=O)OC(C)(C)C. The molecule has 1 N–H and O–H groups in total. The molecule has 1 atom stereocenters. The number of amides is 1. The van der Waals surface area contributed by atoms with Gasteiger partial charge in [0.05, 0.1) is 6.54 Å². The maximum absolute atomic E-state index is 13.6. The number of hydrogen-bond donors (Lipinski definition) is 1. The van der Waals surface area contributed by atoms with Crippen LogP contribution in [-0.2, 0) is 4.74 Å². The van der Waals surface area contributed by atoms with Crippen LogP contribution >= 0.6 is 0 Å². The average molecular weight is 251 g/mol. The fourth-order valence-corrected chi connectivity index (χ4v) is 1.15. The number of hydrogen-bond acceptors (Lipinski definition) is 2. The Kier molecular flexibility index (Phi) is 5.36. The molecule has 0 rings (SSSR count). The molecule has 0 saturated heterocycles. The van der Waals surface area contributed by atoms with E-state index >= 15 is 0 Å². The lowest BCUT2D eigenvalue weighted by Gasteiger charge is -2.27. The molecule has 102 valence electrons. The van der Waals surface area contributed by atoms with Gasteiger partial charge in [-0.2, -0.15) is 0 Å². The van der Waals surface area contributed by atoms with Crippen LogP contribution in [-0.4, -0.2) is 24.2 Å². The summed E-state index contributed by atoms with van der Waals surface area (Å²) in [6.07, 6.45) is -0.812. The second-order valence-corrected chi connectivity index (χ2v) is 5.65. The zero-order valence-corrected chi connectivity index (χ0v) is 11.4. The molecule has 5 heteroatoms. The number of alkyl carbamates (subject to hydrolysis) is 1. The monoisotopic (exact) mass is 251 g/mol. The van der Waals surface area contributed by atoms with E-state index in [-0.39, 0.29) is 5.92 Å². The van der Waals surface area contributed by atoms with Crippen LogP contribution in [0.3, 0.4) is 0 Å². The molecule has 1 amide bonds. The molecule has 0 aliphatic heterocycles. The summed E-state index contributed by atoms with van der Waals surface area (Å²) in [7, 11) is 0. The molecule has 0 heterocycles. The van der Waals surface area contributed by atoms with Crippen LogP contribution in [0.15, 0.2) is 0 Å². The molecule has 3 nitrogen and oxygen atoms in total. The van der Waals surface area contributed by atoms with Crippen molar-refractivity contribution >= 4 is 6.09 Å². The third-order valence-electron chi connectivity index (χ3n) is 2.53. The Bertz CT molecular complexity index is 260. The standard InChI is InChI=1S/C12H23F2NO2/c1-8(2)9(3)12(13,14)7-15-10(16)17-11(4,5)6/h8-9H,7H2,1-6H3,(H,15,16). The lowest BCUT2D eigenvalue weighted by Crippen LogP contribution is -2.44. The second kappa shape index (κ2) is 5.65. The van der Waals surface area contributed by atoms with Gasteiger partial charge >= 0.3 is 6.09 Å². The van der Waals surface area contributed by atoms with Crippen molar-refractivity contribution in [1.82, 2.24) is 5.32 Å². The molecule has 0 aromatic rings. The van der Waals surface area contributed by atoms with Crippen LogP contribution in [0.5, 0.6) is 0 Å². The molecule has 0 spiro atoms. The number of nitrogens with one attached hydrogen (secondary N) is 1. The van der Waals surface area contributed by atoms with E-state index < -0.39 is 30.1 Å². The molecule has 0 aliphatic rings. The van der Waals surface area contributed by atoms with Crippen LogP contribution in [0, 0.1) is 11.8 Å². The van der Waals surface area contributed by atoms with Gasteiger partial charge in [-0.15, -0.1) is 0 Å². The Morgan fingerprint density at radius 1 is 1.24 bits per heavy atom. The Morgan fingerprint density at radius 2 is 1.71 bits per heavy atom. The zero-order chi connectivity index (χ0) is 13.9. The van der Waals surface area contributed by atoms with Crippen molar-refractivity contribution in [2.24, 2.45) is 11.8 Å². The molecule has 0 aliphatic carbocycles. The van der Waals surface area contributed by atoms with Crippen LogP contribution in [0.2, 0.25) is 0 Å². The summed E-state index contributed by atoms with van der Waals surface area (Å²) in [6, 6.07) is 0. The fourth-order valence-electron chi connectivity index (χ4n) is 1.15. The van der Waals surface area contributed by atoms with Gasteiger partial charge in [-0.05, 0) is 26.7 Å². The van der Waals surface area contributed by atoms with E-state index in [4.69, 9.17) is 4.74 Å². The molecular formula is C12H23F2NO2. The minimum Gasteiger partial charge on any atom is -0.444 e. The summed E-state index contributed by atoms with van der Waals surface area (Å²) in [4.78, 5) is 11.2. The Labute approximate surface area is 102 Å². The average Bonchev–Trinajstić information content (AvgIpc) is 2.11. The van der Waals surface area contributed by atoms with Crippen LogP contribution in [0.4, 0.5) is 13.6 Å². The van der Waals surface area contributed by atoms with E-state index in [0.29, 0.717) is 0 Å². The quantitative estimate of drug-likeness (QED) is 0.831. The maximum Gasteiger partial charge on any atom is 0.407 e. The highest BCUT2D eigenvalue weighted by Crippen LogP contribution is 2.29. The molecule has 0 saturated carbocycles. The third-order valence-corrected chi connectivity index (χ3v) is 2.53. The van der Waals surface area contributed by atoms with E-state index in [2.05, 4.69) is 5.32 Å². The first-order valence-corrected chi connectivity index (χ1v) is 5.80. The van der Waals surface area contributed by atoms with Gasteiger partial charge in [-0.1, -0.05) is 20.8 Å². The number of ether oxygens (including phenoxy) is 1. The molecular weight excluding hydrogens is 228 g/mol. The summed E-state index contributed by atoms with van der Waals surface area (Å²) in [5.41, 5.74) is -0.678. The highest BCUT2D eigenvalue weighted by atomic mass is 19.3. The van der Waals surface area contributed by atoms with Crippen LogP contribution < -0.4 is 5.32 Å². The summed E-state index contributed by atoms with van der Waals surface area (Å²) in [5.74, 6) is -3.87. The van der Waals surface area contributed by atoms with Crippen molar-refractivity contribution in [1.29, 1.82) is 0 Å². The molecule has 17 heavy (non-hydrogen) atoms. The van der Waals surface area contributed by atoms with E-state index in [0.717, 1.165) is 0 Å². The van der Waals surface area contributed by atoms with Crippen molar-refractivity contribution in [3.8, 4) is 0 Å². The molecule has 1 unspecified atom stereocenters. The Morgan fingerprint density at radius 3 is 2.06 bits per heavy atom. The highest BCUT2D eigenvalue weighted by molar-refractivity contribution is 5.67. The van der Waals surface area contributed by atoms with Crippen molar-refractivity contribution in [3.05, 3.63) is 0 Å². The van der Waals surface area contributed by atoms with E-state index in [9.17, 15) is 13.6 Å². The third kappa shape index (κ3) is 6.44. The van der Waals surface area contributed by atoms with Gasteiger partial charge in [0.1, 0.15) is 5.60 Å². The van der Waals surface area contributed by atoms with Crippen molar-refractivity contribution in [3.63, 3.8) is 0 Å². The molecule has 0 aromatic carbocycles. The smallest absolute Gasteiger partial charge is 0.407 e. The number of alkyl halides is 2. The van der Waals surface area contributed by atoms with Gasteiger partial charge in [0.2, 0.25) is 0 Å². The van der Waals surface area contributed by atoms with Gasteiger partial charge < -0.3 is 10.1 Å². The van der Waals surface area contributed by atoms with Gasteiger partial charge in [-0.3, -0.25) is 0 Å². The number of halogens is 2. The minimum atomic E-state index is -2.93. The summed E-state index contributed by atoms with van der Waals surface area (Å²) in [5, 5.41) is 2.10. The molecule has 0 aromatic heterocycles. The predicted molar refractivity (Wildman–Crippen MR) is 63.2 cm³/mol. The van der Waals surface area contributed by atoms with Gasteiger partial charge in [0.15, 0.2) is 0 Å². The molecule has 0 radical (unpaired) electrons. The van der Waals surface area contributed by atoms with Crippen molar-refractivity contribution in [2.45, 2.75) is 53.1 Å². The normalized spacial score (nSPS) is 14.6. The lowest BCUT2D eigenvalue weighted by molar-refractivity contribution is -0.0661. The van der Waals surface area contributed by atoms with Gasteiger partial charge in [0.25, 0.3) is 5.92 Å². The minimum absolute atomic E-state index is 0.148. The second-order valence-electron chi connectivity index (χ2n) is 5.65. The Hall–Kier alpha value is -0.870.